The number of imidazole rings is 1. The number of fused-ring (bicyclic) bond motifs is 1. The van der Waals surface area contributed by atoms with E-state index in [2.05, 4.69) is 21.4 Å². The van der Waals surface area contributed by atoms with Crippen LogP contribution in [0.1, 0.15) is 5.82 Å². The number of hydrogen-bond donors (Lipinski definition) is 2. The van der Waals surface area contributed by atoms with Gasteiger partial charge in [0.2, 0.25) is 0 Å². The molecule has 4 heteroatoms. The van der Waals surface area contributed by atoms with E-state index in [4.69, 9.17) is 4.74 Å². The Hall–Kier alpha value is -1.39. The topological polar surface area (TPSA) is 49.9 Å². The lowest BCUT2D eigenvalue weighted by molar-refractivity contribution is 0.0765. The lowest BCUT2D eigenvalue weighted by atomic mass is 10.2. The number of para-hydroxylation sites is 2. The van der Waals surface area contributed by atoms with Crippen molar-refractivity contribution in [3.8, 4) is 0 Å². The van der Waals surface area contributed by atoms with Crippen molar-refractivity contribution in [2.75, 3.05) is 19.8 Å². The van der Waals surface area contributed by atoms with Crippen LogP contribution < -0.4 is 5.32 Å². The van der Waals surface area contributed by atoms with Crippen molar-refractivity contribution in [3.05, 3.63) is 30.1 Å². The van der Waals surface area contributed by atoms with Gasteiger partial charge < -0.3 is 15.0 Å². The van der Waals surface area contributed by atoms with E-state index in [0.29, 0.717) is 6.04 Å². The van der Waals surface area contributed by atoms with Gasteiger partial charge in [-0.05, 0) is 12.1 Å². The summed E-state index contributed by atoms with van der Waals surface area (Å²) in [6, 6.07) is 8.49. The highest BCUT2D eigenvalue weighted by Crippen LogP contribution is 2.11. The number of nitrogens with one attached hydrogen (secondary N) is 2. The van der Waals surface area contributed by atoms with Crippen molar-refractivity contribution in [2.45, 2.75) is 12.5 Å². The summed E-state index contributed by atoms with van der Waals surface area (Å²) in [5.74, 6) is 1.03. The number of aromatic nitrogens is 2. The number of benzene rings is 1. The quantitative estimate of drug-likeness (QED) is 0.791. The fourth-order valence-electron chi connectivity index (χ4n) is 2.09. The Kier molecular flexibility index (Phi) is 2.60. The molecule has 0 saturated carbocycles. The van der Waals surface area contributed by atoms with E-state index in [1.165, 1.54) is 0 Å². The first-order valence-electron chi connectivity index (χ1n) is 5.66. The SMILES string of the molecule is c1ccc2[nH]c(CC3COCCN3)nc2c1. The summed E-state index contributed by atoms with van der Waals surface area (Å²) in [6.45, 7) is 2.53. The minimum absolute atomic E-state index is 0.384. The van der Waals surface area contributed by atoms with Gasteiger partial charge in [-0.2, -0.15) is 0 Å². The van der Waals surface area contributed by atoms with Crippen molar-refractivity contribution in [3.63, 3.8) is 0 Å². The average Bonchev–Trinajstić information content (AvgIpc) is 2.72. The van der Waals surface area contributed by atoms with Gasteiger partial charge in [0.25, 0.3) is 0 Å². The molecule has 1 aromatic heterocycles. The molecule has 1 aliphatic heterocycles. The van der Waals surface area contributed by atoms with Gasteiger partial charge in [-0.3, -0.25) is 0 Å². The summed E-state index contributed by atoms with van der Waals surface area (Å²) >= 11 is 0. The van der Waals surface area contributed by atoms with Crippen molar-refractivity contribution >= 4 is 11.0 Å². The lowest BCUT2D eigenvalue weighted by Crippen LogP contribution is -2.42. The fraction of sp³-hybridized carbons (Fsp3) is 0.417. The first-order chi connectivity index (χ1) is 7.92. The van der Waals surface area contributed by atoms with Crippen LogP contribution >= 0.6 is 0 Å². The number of aromatic amines is 1. The third kappa shape index (κ3) is 1.94. The Labute approximate surface area is 94.0 Å². The van der Waals surface area contributed by atoms with Gasteiger partial charge in [-0.1, -0.05) is 12.1 Å². The van der Waals surface area contributed by atoms with Crippen molar-refractivity contribution in [1.29, 1.82) is 0 Å². The summed E-state index contributed by atoms with van der Waals surface area (Å²) in [6.07, 6.45) is 0.898. The molecule has 1 fully saturated rings. The molecule has 2 heterocycles. The summed E-state index contributed by atoms with van der Waals surface area (Å²) in [5, 5.41) is 3.43. The van der Waals surface area contributed by atoms with Crippen LogP contribution in [0.25, 0.3) is 11.0 Å². The predicted octanol–water partition coefficient (Wildman–Crippen LogP) is 1.09. The zero-order chi connectivity index (χ0) is 10.8. The van der Waals surface area contributed by atoms with Crippen LogP contribution in [0.4, 0.5) is 0 Å². The molecule has 0 bridgehead atoms. The largest absolute Gasteiger partial charge is 0.379 e. The first-order valence-corrected chi connectivity index (χ1v) is 5.66. The molecular formula is C12H15N3O. The smallest absolute Gasteiger partial charge is 0.108 e. The molecule has 2 aromatic rings. The Morgan fingerprint density at radius 1 is 1.38 bits per heavy atom. The number of nitrogens with zero attached hydrogens (tertiary/aromatic N) is 1. The Morgan fingerprint density at radius 3 is 3.12 bits per heavy atom. The van der Waals surface area contributed by atoms with Crippen LogP contribution in [0.15, 0.2) is 24.3 Å². The molecule has 1 saturated heterocycles. The molecule has 1 aromatic carbocycles. The highest BCUT2D eigenvalue weighted by atomic mass is 16.5. The molecule has 1 unspecified atom stereocenters. The molecule has 0 radical (unpaired) electrons. The van der Waals surface area contributed by atoms with Crippen LogP contribution in [-0.4, -0.2) is 35.8 Å². The van der Waals surface area contributed by atoms with Gasteiger partial charge in [0.05, 0.1) is 24.2 Å². The van der Waals surface area contributed by atoms with Crippen LogP contribution in [0.5, 0.6) is 0 Å². The molecule has 4 nitrogen and oxygen atoms in total. The average molecular weight is 217 g/mol. The van der Waals surface area contributed by atoms with Gasteiger partial charge in [0.1, 0.15) is 5.82 Å². The second-order valence-electron chi connectivity index (χ2n) is 4.13. The standard InChI is InChI=1S/C12H15N3O/c1-2-4-11-10(3-1)14-12(15-11)7-9-8-16-6-5-13-9/h1-4,9,13H,5-8H2,(H,14,15). The van der Waals surface area contributed by atoms with E-state index in [0.717, 1.165) is 43.0 Å². The minimum Gasteiger partial charge on any atom is -0.379 e. The predicted molar refractivity (Wildman–Crippen MR) is 62.4 cm³/mol. The fourth-order valence-corrected chi connectivity index (χ4v) is 2.09. The minimum atomic E-state index is 0.384. The number of morpholine rings is 1. The van der Waals surface area contributed by atoms with Gasteiger partial charge in [0, 0.05) is 19.0 Å². The Balaban J connectivity index is 1.78. The monoisotopic (exact) mass is 217 g/mol. The maximum atomic E-state index is 5.42. The van der Waals surface area contributed by atoms with Gasteiger partial charge in [-0.25, -0.2) is 4.98 Å². The van der Waals surface area contributed by atoms with E-state index < -0.39 is 0 Å². The van der Waals surface area contributed by atoms with Crippen LogP contribution in [0.3, 0.4) is 0 Å². The first kappa shape index (κ1) is 9.81. The molecule has 3 rings (SSSR count). The van der Waals surface area contributed by atoms with E-state index >= 15 is 0 Å². The molecule has 0 amide bonds. The van der Waals surface area contributed by atoms with Gasteiger partial charge in [0.15, 0.2) is 0 Å². The summed E-state index contributed by atoms with van der Waals surface area (Å²) in [4.78, 5) is 7.89. The summed E-state index contributed by atoms with van der Waals surface area (Å²) in [5.41, 5.74) is 2.14. The molecule has 16 heavy (non-hydrogen) atoms. The molecule has 1 aliphatic rings. The molecular weight excluding hydrogens is 202 g/mol. The van der Waals surface area contributed by atoms with Crippen LogP contribution in [0, 0.1) is 0 Å². The van der Waals surface area contributed by atoms with E-state index in [-0.39, 0.29) is 0 Å². The second-order valence-corrected chi connectivity index (χ2v) is 4.13. The number of ether oxygens (including phenoxy) is 1. The summed E-state index contributed by atoms with van der Waals surface area (Å²) in [7, 11) is 0. The molecule has 0 aliphatic carbocycles. The van der Waals surface area contributed by atoms with Crippen LogP contribution in [-0.2, 0) is 11.2 Å². The number of rotatable bonds is 2. The highest BCUT2D eigenvalue weighted by Gasteiger charge is 2.15. The third-order valence-electron chi connectivity index (χ3n) is 2.88. The maximum Gasteiger partial charge on any atom is 0.108 e. The second kappa shape index (κ2) is 4.23. The normalized spacial score (nSPS) is 21.4. The Bertz CT molecular complexity index is 441. The van der Waals surface area contributed by atoms with E-state index in [9.17, 15) is 0 Å². The van der Waals surface area contributed by atoms with E-state index in [1.54, 1.807) is 0 Å². The lowest BCUT2D eigenvalue weighted by Gasteiger charge is -2.22. The number of hydrogen-bond acceptors (Lipinski definition) is 3. The molecule has 0 spiro atoms. The van der Waals surface area contributed by atoms with Crippen LogP contribution in [0.2, 0.25) is 0 Å². The van der Waals surface area contributed by atoms with Crippen molar-refractivity contribution in [1.82, 2.24) is 15.3 Å². The highest BCUT2D eigenvalue weighted by molar-refractivity contribution is 5.74. The summed E-state index contributed by atoms with van der Waals surface area (Å²) < 4.78 is 5.42. The zero-order valence-electron chi connectivity index (χ0n) is 9.07. The zero-order valence-corrected chi connectivity index (χ0v) is 9.07. The third-order valence-corrected chi connectivity index (χ3v) is 2.88. The molecule has 2 N–H and O–H groups in total. The van der Waals surface area contributed by atoms with Crippen molar-refractivity contribution < 1.29 is 4.74 Å². The molecule has 84 valence electrons. The molecule has 1 atom stereocenters. The van der Waals surface area contributed by atoms with Gasteiger partial charge >= 0.3 is 0 Å². The van der Waals surface area contributed by atoms with Crippen molar-refractivity contribution in [2.24, 2.45) is 0 Å². The van der Waals surface area contributed by atoms with E-state index in [1.807, 2.05) is 18.2 Å². The number of H-pyrrole nitrogens is 1. The maximum absolute atomic E-state index is 5.42. The van der Waals surface area contributed by atoms with Gasteiger partial charge in [-0.15, -0.1) is 0 Å². The Morgan fingerprint density at radius 2 is 2.31 bits per heavy atom.